The molecule has 0 bridgehead atoms. The van der Waals surface area contributed by atoms with Crippen LogP contribution < -0.4 is 4.72 Å². The van der Waals surface area contributed by atoms with Crippen molar-refractivity contribution in [2.75, 3.05) is 10.5 Å². The smallest absolute Gasteiger partial charge is 0.389 e. The van der Waals surface area contributed by atoms with E-state index in [0.717, 1.165) is 0 Å². The third-order valence-corrected chi connectivity index (χ3v) is 4.20. The Morgan fingerprint density at radius 2 is 1.95 bits per heavy atom. The summed E-state index contributed by atoms with van der Waals surface area (Å²) in [6, 6.07) is 3.82. The van der Waals surface area contributed by atoms with Crippen LogP contribution >= 0.6 is 15.9 Å². The third-order valence-electron chi connectivity index (χ3n) is 2.35. The largest absolute Gasteiger partial charge is 0.478 e. The molecule has 118 valence electrons. The van der Waals surface area contributed by atoms with Crippen molar-refractivity contribution in [2.24, 2.45) is 0 Å². The van der Waals surface area contributed by atoms with Crippen LogP contribution in [0, 0.1) is 0 Å². The van der Waals surface area contributed by atoms with Crippen molar-refractivity contribution in [3.05, 3.63) is 28.2 Å². The summed E-state index contributed by atoms with van der Waals surface area (Å²) in [6.45, 7) is 0. The Bertz CT molecular complexity index is 631. The Hall–Kier alpha value is -1.29. The molecule has 0 amide bonds. The van der Waals surface area contributed by atoms with Gasteiger partial charge in [-0.05, 0) is 24.6 Å². The fraction of sp³-hybridized carbons (Fsp3) is 0.364. The van der Waals surface area contributed by atoms with Crippen molar-refractivity contribution in [1.29, 1.82) is 0 Å². The molecule has 0 saturated heterocycles. The molecule has 0 fully saturated rings. The van der Waals surface area contributed by atoms with Crippen LogP contribution in [0.15, 0.2) is 22.7 Å². The second kappa shape index (κ2) is 6.65. The first-order valence-corrected chi connectivity index (χ1v) is 8.05. The van der Waals surface area contributed by atoms with Gasteiger partial charge in [-0.1, -0.05) is 15.9 Å². The molecule has 0 aliphatic carbocycles. The molecule has 0 aliphatic heterocycles. The molecule has 1 aromatic carbocycles. The van der Waals surface area contributed by atoms with Crippen LogP contribution in [-0.4, -0.2) is 31.4 Å². The van der Waals surface area contributed by atoms with E-state index in [1.807, 2.05) is 4.72 Å². The summed E-state index contributed by atoms with van der Waals surface area (Å²) < 4.78 is 61.7. The zero-order valence-electron chi connectivity index (χ0n) is 10.4. The summed E-state index contributed by atoms with van der Waals surface area (Å²) in [5.41, 5.74) is -0.499. The number of nitrogens with one attached hydrogen (secondary N) is 1. The van der Waals surface area contributed by atoms with Gasteiger partial charge in [0.25, 0.3) is 0 Å². The van der Waals surface area contributed by atoms with E-state index in [1.165, 1.54) is 18.2 Å². The van der Waals surface area contributed by atoms with Crippen molar-refractivity contribution in [3.8, 4) is 0 Å². The predicted octanol–water partition coefficient (Wildman–Crippen LogP) is 3.23. The molecule has 0 unspecified atom stereocenters. The lowest BCUT2D eigenvalue weighted by Gasteiger charge is -2.11. The average molecular weight is 390 g/mol. The number of carboxylic acid groups (broad SMARTS) is 1. The lowest BCUT2D eigenvalue weighted by Crippen LogP contribution is -2.20. The molecule has 0 aliphatic rings. The molecule has 21 heavy (non-hydrogen) atoms. The molecule has 1 rings (SSSR count). The van der Waals surface area contributed by atoms with E-state index < -0.39 is 40.8 Å². The number of halogens is 4. The maximum absolute atomic E-state index is 12.0. The van der Waals surface area contributed by atoms with Gasteiger partial charge < -0.3 is 5.11 Å². The average Bonchev–Trinajstić information content (AvgIpc) is 2.28. The van der Waals surface area contributed by atoms with Crippen LogP contribution in [0.5, 0.6) is 0 Å². The Labute approximate surface area is 127 Å². The summed E-state index contributed by atoms with van der Waals surface area (Å²) in [5.74, 6) is -2.11. The van der Waals surface area contributed by atoms with Crippen LogP contribution in [0.2, 0.25) is 0 Å². The monoisotopic (exact) mass is 389 g/mol. The molecule has 10 heteroatoms. The molecular formula is C11H11BrF3NO4S. The van der Waals surface area contributed by atoms with E-state index in [2.05, 4.69) is 15.9 Å². The molecule has 0 heterocycles. The second-order valence-electron chi connectivity index (χ2n) is 4.13. The van der Waals surface area contributed by atoms with Gasteiger partial charge in [-0.3, -0.25) is 4.72 Å². The van der Waals surface area contributed by atoms with E-state index >= 15 is 0 Å². The number of aromatic carboxylic acids is 1. The minimum atomic E-state index is -4.43. The van der Waals surface area contributed by atoms with Crippen molar-refractivity contribution < 1.29 is 31.5 Å². The number of sulfonamides is 1. The minimum Gasteiger partial charge on any atom is -0.478 e. The molecule has 0 spiro atoms. The summed E-state index contributed by atoms with van der Waals surface area (Å²) >= 11 is 3.04. The number of hydrogen-bond donors (Lipinski definition) is 2. The topological polar surface area (TPSA) is 83.5 Å². The standard InChI is InChI=1S/C11H11BrF3NO4S/c12-7-2-3-9(8(6-7)10(17)18)16-21(19,20)5-1-4-11(13,14)15/h2-3,6,16H,1,4-5H2,(H,17,18). The quantitative estimate of drug-likeness (QED) is 0.782. The fourth-order valence-electron chi connectivity index (χ4n) is 1.46. The van der Waals surface area contributed by atoms with Crippen LogP contribution in [0.25, 0.3) is 0 Å². The number of anilines is 1. The first kappa shape index (κ1) is 17.8. The first-order chi connectivity index (χ1) is 9.50. The first-order valence-electron chi connectivity index (χ1n) is 5.60. The number of benzene rings is 1. The van der Waals surface area contributed by atoms with E-state index in [1.54, 1.807) is 0 Å². The maximum atomic E-state index is 12.0. The molecule has 0 atom stereocenters. The summed E-state index contributed by atoms with van der Waals surface area (Å²) in [7, 11) is -4.05. The van der Waals surface area contributed by atoms with Gasteiger partial charge in [0.2, 0.25) is 10.0 Å². The van der Waals surface area contributed by atoms with Crippen molar-refractivity contribution in [2.45, 2.75) is 19.0 Å². The number of carbonyl (C=O) groups is 1. The van der Waals surface area contributed by atoms with Gasteiger partial charge >= 0.3 is 12.1 Å². The van der Waals surface area contributed by atoms with Gasteiger partial charge in [0, 0.05) is 10.9 Å². The Balaban J connectivity index is 2.83. The molecule has 1 aromatic rings. The molecule has 5 nitrogen and oxygen atoms in total. The van der Waals surface area contributed by atoms with E-state index in [0.29, 0.717) is 4.47 Å². The summed E-state index contributed by atoms with van der Waals surface area (Å²) in [6.07, 6.45) is -6.25. The van der Waals surface area contributed by atoms with Gasteiger partial charge in [-0.15, -0.1) is 0 Å². The van der Waals surface area contributed by atoms with Crippen LogP contribution in [-0.2, 0) is 10.0 Å². The number of alkyl halides is 3. The summed E-state index contributed by atoms with van der Waals surface area (Å²) in [4.78, 5) is 11.0. The highest BCUT2D eigenvalue weighted by molar-refractivity contribution is 9.10. The molecule has 0 aromatic heterocycles. The van der Waals surface area contributed by atoms with Gasteiger partial charge in [-0.25, -0.2) is 13.2 Å². The van der Waals surface area contributed by atoms with Crippen LogP contribution in [0.1, 0.15) is 23.2 Å². The number of rotatable bonds is 6. The SMILES string of the molecule is O=C(O)c1cc(Br)ccc1NS(=O)(=O)CCCC(F)(F)F. The Morgan fingerprint density at radius 3 is 2.48 bits per heavy atom. The van der Waals surface area contributed by atoms with Crippen LogP contribution in [0.4, 0.5) is 18.9 Å². The van der Waals surface area contributed by atoms with E-state index in [9.17, 15) is 26.4 Å². The minimum absolute atomic E-state index is 0.197. The van der Waals surface area contributed by atoms with E-state index in [-0.39, 0.29) is 11.3 Å². The van der Waals surface area contributed by atoms with Crippen molar-refractivity contribution in [1.82, 2.24) is 0 Å². The predicted molar refractivity (Wildman–Crippen MR) is 73.8 cm³/mol. The van der Waals surface area contributed by atoms with Gasteiger partial charge in [0.15, 0.2) is 0 Å². The normalized spacial score (nSPS) is 12.2. The second-order valence-corrected chi connectivity index (χ2v) is 6.89. The van der Waals surface area contributed by atoms with E-state index in [4.69, 9.17) is 5.11 Å². The highest BCUT2D eigenvalue weighted by Crippen LogP contribution is 2.24. The Kier molecular flexibility index (Phi) is 5.62. The lowest BCUT2D eigenvalue weighted by atomic mass is 10.2. The fourth-order valence-corrected chi connectivity index (χ4v) is 2.96. The summed E-state index contributed by atoms with van der Waals surface area (Å²) in [5, 5.41) is 8.97. The van der Waals surface area contributed by atoms with Gasteiger partial charge in [0.05, 0.1) is 17.0 Å². The molecule has 2 N–H and O–H groups in total. The molecule has 0 radical (unpaired) electrons. The van der Waals surface area contributed by atoms with Crippen molar-refractivity contribution in [3.63, 3.8) is 0 Å². The van der Waals surface area contributed by atoms with Crippen molar-refractivity contribution >= 4 is 37.6 Å². The van der Waals surface area contributed by atoms with Crippen LogP contribution in [0.3, 0.4) is 0 Å². The number of carboxylic acids is 1. The van der Waals surface area contributed by atoms with Gasteiger partial charge in [-0.2, -0.15) is 13.2 Å². The highest BCUT2D eigenvalue weighted by atomic mass is 79.9. The third kappa shape index (κ3) is 6.34. The maximum Gasteiger partial charge on any atom is 0.389 e. The molecule has 0 saturated carbocycles. The van der Waals surface area contributed by atoms with Gasteiger partial charge in [0.1, 0.15) is 0 Å². The lowest BCUT2D eigenvalue weighted by molar-refractivity contribution is -0.134. The zero-order chi connectivity index (χ0) is 16.3. The molecular weight excluding hydrogens is 379 g/mol. The highest BCUT2D eigenvalue weighted by Gasteiger charge is 2.27. The zero-order valence-corrected chi connectivity index (χ0v) is 12.8. The Morgan fingerprint density at radius 1 is 1.33 bits per heavy atom. The number of hydrogen-bond acceptors (Lipinski definition) is 3.